The summed E-state index contributed by atoms with van der Waals surface area (Å²) in [5.74, 6) is -0.0539. The molecule has 0 spiro atoms. The summed E-state index contributed by atoms with van der Waals surface area (Å²) in [6, 6.07) is 4.44. The number of aromatic amines is 1. The van der Waals surface area contributed by atoms with Crippen molar-refractivity contribution >= 4 is 44.7 Å². The Bertz CT molecular complexity index is 1120. The van der Waals surface area contributed by atoms with E-state index >= 15 is 0 Å². The van der Waals surface area contributed by atoms with Crippen molar-refractivity contribution in [2.75, 3.05) is 4.72 Å². The van der Waals surface area contributed by atoms with Crippen LogP contribution in [0.15, 0.2) is 28.2 Å². The van der Waals surface area contributed by atoms with Crippen LogP contribution in [0, 0.1) is 13.8 Å². The number of sulfonamides is 1. The van der Waals surface area contributed by atoms with Crippen molar-refractivity contribution in [2.45, 2.75) is 19.0 Å². The molecule has 2 aromatic heterocycles. The molecule has 3 aromatic rings. The maximum absolute atomic E-state index is 12.5. The summed E-state index contributed by atoms with van der Waals surface area (Å²) >= 11 is 12.1. The van der Waals surface area contributed by atoms with Crippen molar-refractivity contribution in [1.29, 1.82) is 0 Å². The number of H-pyrrole nitrogens is 1. The predicted octanol–water partition coefficient (Wildman–Crippen LogP) is 2.14. The molecular formula is C13H11Cl2N5O3S. The van der Waals surface area contributed by atoms with Crippen molar-refractivity contribution in [3.63, 3.8) is 0 Å². The number of nitrogens with one attached hydrogen (secondary N) is 2. The van der Waals surface area contributed by atoms with Crippen molar-refractivity contribution in [3.05, 3.63) is 49.9 Å². The third-order valence-corrected chi connectivity index (χ3v) is 5.18. The molecule has 0 bridgehead atoms. The molecule has 2 heterocycles. The number of hydrogen-bond acceptors (Lipinski definition) is 5. The third kappa shape index (κ3) is 2.85. The molecule has 0 amide bonds. The molecule has 24 heavy (non-hydrogen) atoms. The Balaban J connectivity index is 2.11. The zero-order chi connectivity index (χ0) is 17.6. The lowest BCUT2D eigenvalue weighted by atomic mass is 10.2. The molecule has 0 saturated carbocycles. The zero-order valence-electron chi connectivity index (χ0n) is 12.5. The Hall–Kier alpha value is -2.10. The summed E-state index contributed by atoms with van der Waals surface area (Å²) in [5, 5.41) is 2.23. The molecule has 126 valence electrons. The predicted molar refractivity (Wildman–Crippen MR) is 90.4 cm³/mol. The van der Waals surface area contributed by atoms with E-state index in [1.807, 2.05) is 0 Å². The van der Waals surface area contributed by atoms with Gasteiger partial charge in [-0.2, -0.15) is 17.9 Å². The topological polar surface area (TPSA) is 109 Å². The van der Waals surface area contributed by atoms with Crippen molar-refractivity contribution in [1.82, 2.24) is 19.6 Å². The summed E-state index contributed by atoms with van der Waals surface area (Å²) in [5.41, 5.74) is 0.637. The Labute approximate surface area is 146 Å². The molecule has 8 nitrogen and oxygen atoms in total. The van der Waals surface area contributed by atoms with Gasteiger partial charge in [0.1, 0.15) is 0 Å². The largest absolute Gasteiger partial charge is 0.297 e. The molecule has 2 N–H and O–H groups in total. The summed E-state index contributed by atoms with van der Waals surface area (Å²) in [4.78, 5) is 19.7. The van der Waals surface area contributed by atoms with E-state index in [4.69, 9.17) is 23.2 Å². The molecule has 0 fully saturated rings. The van der Waals surface area contributed by atoms with E-state index in [9.17, 15) is 13.2 Å². The van der Waals surface area contributed by atoms with E-state index in [0.29, 0.717) is 11.3 Å². The van der Waals surface area contributed by atoms with Gasteiger partial charge in [-0.3, -0.25) is 14.6 Å². The highest BCUT2D eigenvalue weighted by atomic mass is 35.5. The lowest BCUT2D eigenvalue weighted by molar-refractivity contribution is 0.592. The van der Waals surface area contributed by atoms with Gasteiger partial charge in [0.15, 0.2) is 0 Å². The molecule has 0 radical (unpaired) electrons. The molecule has 0 unspecified atom stereocenters. The first-order chi connectivity index (χ1) is 11.2. The third-order valence-electron chi connectivity index (χ3n) is 3.21. The monoisotopic (exact) mass is 387 g/mol. The molecule has 3 rings (SSSR count). The molecule has 0 saturated heterocycles. The Morgan fingerprint density at radius 1 is 1.21 bits per heavy atom. The van der Waals surface area contributed by atoms with Crippen LogP contribution in [-0.4, -0.2) is 28.0 Å². The Kier molecular flexibility index (Phi) is 4.02. The van der Waals surface area contributed by atoms with Crippen molar-refractivity contribution < 1.29 is 8.42 Å². The number of aryl methyl sites for hydroxylation is 2. The maximum Gasteiger partial charge on any atom is 0.297 e. The fraction of sp³-hybridized carbons (Fsp3) is 0.154. The van der Waals surface area contributed by atoms with E-state index in [2.05, 4.69) is 19.8 Å². The number of nitrogens with zero attached hydrogens (tertiary/aromatic N) is 3. The van der Waals surface area contributed by atoms with Crippen LogP contribution in [0.25, 0.3) is 5.78 Å². The number of fused-ring (bicyclic) bond motifs is 1. The number of halogens is 2. The van der Waals surface area contributed by atoms with Crippen molar-refractivity contribution in [2.24, 2.45) is 0 Å². The lowest BCUT2D eigenvalue weighted by Crippen LogP contribution is -2.17. The van der Waals surface area contributed by atoms with Crippen LogP contribution in [0.5, 0.6) is 0 Å². The normalized spacial score (nSPS) is 11.8. The minimum absolute atomic E-state index is 0.0373. The van der Waals surface area contributed by atoms with Gasteiger partial charge in [0.25, 0.3) is 26.5 Å². The van der Waals surface area contributed by atoms with Crippen molar-refractivity contribution in [3.8, 4) is 0 Å². The number of anilines is 1. The van der Waals surface area contributed by atoms with Crippen LogP contribution < -0.4 is 10.3 Å². The molecule has 0 atom stereocenters. The summed E-state index contributed by atoms with van der Waals surface area (Å²) in [6.07, 6.45) is 0. The average molecular weight is 388 g/mol. The summed E-state index contributed by atoms with van der Waals surface area (Å²) in [6.45, 7) is 3.32. The first kappa shape index (κ1) is 16.7. The smallest absolute Gasteiger partial charge is 0.274 e. The van der Waals surface area contributed by atoms with Crippen LogP contribution in [0.4, 0.5) is 5.69 Å². The van der Waals surface area contributed by atoms with E-state index in [-0.39, 0.29) is 21.5 Å². The van der Waals surface area contributed by atoms with Gasteiger partial charge < -0.3 is 0 Å². The van der Waals surface area contributed by atoms with Gasteiger partial charge in [0, 0.05) is 11.8 Å². The highest BCUT2D eigenvalue weighted by molar-refractivity contribution is 7.92. The summed E-state index contributed by atoms with van der Waals surface area (Å²) < 4.78 is 28.2. The van der Waals surface area contributed by atoms with E-state index in [1.165, 1.54) is 12.1 Å². The molecule has 0 aliphatic carbocycles. The molecule has 1 aromatic carbocycles. The highest BCUT2D eigenvalue weighted by Crippen LogP contribution is 2.34. The fourth-order valence-corrected chi connectivity index (χ4v) is 3.59. The fourth-order valence-electron chi connectivity index (χ4n) is 2.03. The van der Waals surface area contributed by atoms with Gasteiger partial charge in [0.05, 0.1) is 15.7 Å². The Morgan fingerprint density at radius 2 is 1.92 bits per heavy atom. The lowest BCUT2D eigenvalue weighted by Gasteiger charge is -2.11. The molecule has 0 aliphatic rings. The first-order valence-electron chi connectivity index (χ1n) is 6.63. The summed E-state index contributed by atoms with van der Waals surface area (Å²) in [7, 11) is -4.15. The number of aromatic nitrogens is 4. The standard InChI is InChI=1S/C13H11Cl2N5O3S/c1-6-3-4-8(14)11(10(6)15)19-24(22,23)13-17-12-16-7(2)5-9(21)20(12)18-13/h3-5,19H,1-2H3,(H,16,17,18). The number of hydrogen-bond donors (Lipinski definition) is 2. The minimum atomic E-state index is -4.15. The number of benzene rings is 1. The van der Waals surface area contributed by atoms with Crippen LogP contribution in [0.3, 0.4) is 0 Å². The quantitative estimate of drug-likeness (QED) is 0.715. The van der Waals surface area contributed by atoms with Gasteiger partial charge in [-0.15, -0.1) is 0 Å². The molecule has 11 heteroatoms. The van der Waals surface area contributed by atoms with Crippen LogP contribution in [-0.2, 0) is 10.0 Å². The minimum Gasteiger partial charge on any atom is -0.274 e. The van der Waals surface area contributed by atoms with E-state index < -0.39 is 20.7 Å². The van der Waals surface area contributed by atoms with Gasteiger partial charge >= 0.3 is 0 Å². The zero-order valence-corrected chi connectivity index (χ0v) is 14.8. The van der Waals surface area contributed by atoms with Gasteiger partial charge in [-0.25, -0.2) is 4.98 Å². The molecular weight excluding hydrogens is 377 g/mol. The second-order valence-corrected chi connectivity index (χ2v) is 7.44. The van der Waals surface area contributed by atoms with E-state index in [1.54, 1.807) is 19.9 Å². The van der Waals surface area contributed by atoms with Gasteiger partial charge in [-0.05, 0) is 25.5 Å². The highest BCUT2D eigenvalue weighted by Gasteiger charge is 2.23. The second kappa shape index (κ2) is 5.76. The second-order valence-electron chi connectivity index (χ2n) is 5.06. The van der Waals surface area contributed by atoms with Crippen LogP contribution in [0.1, 0.15) is 11.3 Å². The number of rotatable bonds is 3. The van der Waals surface area contributed by atoms with Gasteiger partial charge in [0.2, 0.25) is 0 Å². The first-order valence-corrected chi connectivity index (χ1v) is 8.87. The molecule has 0 aliphatic heterocycles. The van der Waals surface area contributed by atoms with E-state index in [0.717, 1.165) is 4.52 Å². The van der Waals surface area contributed by atoms with Crippen LogP contribution in [0.2, 0.25) is 10.0 Å². The maximum atomic E-state index is 12.5. The van der Waals surface area contributed by atoms with Crippen LogP contribution >= 0.6 is 23.2 Å². The Morgan fingerprint density at radius 3 is 2.62 bits per heavy atom. The SMILES string of the molecule is Cc1cc(=O)n2[nH]c(S(=O)(=O)Nc3c(Cl)ccc(C)c3Cl)nc2n1. The van der Waals surface area contributed by atoms with Gasteiger partial charge in [-0.1, -0.05) is 29.3 Å². The average Bonchev–Trinajstić information content (AvgIpc) is 2.93.